The molecule has 0 fully saturated rings. The van der Waals surface area contributed by atoms with E-state index in [1.165, 1.54) is 4.90 Å². The molecule has 0 atom stereocenters. The van der Waals surface area contributed by atoms with Gasteiger partial charge in [-0.15, -0.1) is 11.8 Å². The summed E-state index contributed by atoms with van der Waals surface area (Å²) in [6.45, 7) is 0. The van der Waals surface area contributed by atoms with Gasteiger partial charge in [0.15, 0.2) is 0 Å². The van der Waals surface area contributed by atoms with Crippen LogP contribution in [0.2, 0.25) is 0 Å². The molecule has 1 heterocycles. The molecule has 0 aliphatic rings. The summed E-state index contributed by atoms with van der Waals surface area (Å²) >= 11 is 1.71. The Balaban J connectivity index is 1.77. The molecule has 4 nitrogen and oxygen atoms in total. The number of hydrogen-bond donors (Lipinski definition) is 1. The smallest absolute Gasteiger partial charge is 0.231 e. The lowest BCUT2D eigenvalue weighted by atomic mass is 10.1. The Labute approximate surface area is 127 Å². The maximum absolute atomic E-state index is 5.67. The Morgan fingerprint density at radius 3 is 2.43 bits per heavy atom. The molecule has 0 aliphatic carbocycles. The van der Waals surface area contributed by atoms with Crippen molar-refractivity contribution in [3.8, 4) is 11.4 Å². The molecule has 0 unspecified atom stereocenters. The second-order valence-corrected chi connectivity index (χ2v) is 5.54. The second kappa shape index (κ2) is 6.01. The van der Waals surface area contributed by atoms with Gasteiger partial charge in [0.1, 0.15) is 0 Å². The predicted molar refractivity (Wildman–Crippen MR) is 85.2 cm³/mol. The van der Waals surface area contributed by atoms with Crippen LogP contribution >= 0.6 is 11.8 Å². The van der Waals surface area contributed by atoms with Crippen LogP contribution in [0.3, 0.4) is 0 Å². The van der Waals surface area contributed by atoms with E-state index < -0.39 is 0 Å². The molecule has 0 aliphatic heterocycles. The lowest BCUT2D eigenvalue weighted by Crippen LogP contribution is -1.90. The van der Waals surface area contributed by atoms with E-state index >= 15 is 0 Å². The molecule has 3 rings (SSSR count). The highest BCUT2D eigenvalue weighted by Gasteiger charge is 2.09. The molecule has 0 bridgehead atoms. The topological polar surface area (TPSA) is 64.9 Å². The minimum Gasteiger partial charge on any atom is -0.399 e. The fraction of sp³-hybridized carbons (Fsp3) is 0.125. The van der Waals surface area contributed by atoms with Gasteiger partial charge in [0.25, 0.3) is 0 Å². The first-order valence-electron chi connectivity index (χ1n) is 6.56. The molecule has 3 aromatic rings. The van der Waals surface area contributed by atoms with Crippen molar-refractivity contribution in [1.82, 2.24) is 10.1 Å². The summed E-state index contributed by atoms with van der Waals surface area (Å²) in [5.74, 6) is 1.22. The van der Waals surface area contributed by atoms with Crippen LogP contribution in [0.5, 0.6) is 0 Å². The van der Waals surface area contributed by atoms with E-state index in [1.807, 2.05) is 42.7 Å². The van der Waals surface area contributed by atoms with Gasteiger partial charge < -0.3 is 10.3 Å². The van der Waals surface area contributed by atoms with E-state index in [0.29, 0.717) is 18.1 Å². The van der Waals surface area contributed by atoms with E-state index in [0.717, 1.165) is 16.8 Å². The van der Waals surface area contributed by atoms with E-state index in [2.05, 4.69) is 22.3 Å². The largest absolute Gasteiger partial charge is 0.399 e. The van der Waals surface area contributed by atoms with Gasteiger partial charge in [0, 0.05) is 16.1 Å². The van der Waals surface area contributed by atoms with Crippen molar-refractivity contribution >= 4 is 17.4 Å². The first kappa shape index (κ1) is 13.7. The van der Waals surface area contributed by atoms with Crippen molar-refractivity contribution in [3.63, 3.8) is 0 Å². The number of anilines is 1. The first-order chi connectivity index (χ1) is 10.2. The summed E-state index contributed by atoms with van der Waals surface area (Å²) in [6.07, 6.45) is 2.66. The molecule has 5 heteroatoms. The summed E-state index contributed by atoms with van der Waals surface area (Å²) in [5, 5.41) is 4.04. The molecule has 1 aromatic heterocycles. The van der Waals surface area contributed by atoms with Crippen LogP contribution in [-0.4, -0.2) is 16.4 Å². The maximum Gasteiger partial charge on any atom is 0.231 e. The van der Waals surface area contributed by atoms with Crippen LogP contribution in [-0.2, 0) is 6.42 Å². The highest BCUT2D eigenvalue weighted by Crippen LogP contribution is 2.21. The molecule has 21 heavy (non-hydrogen) atoms. The van der Waals surface area contributed by atoms with E-state index in [-0.39, 0.29) is 0 Å². The molecule has 2 aromatic carbocycles. The zero-order chi connectivity index (χ0) is 14.7. The van der Waals surface area contributed by atoms with Gasteiger partial charge in [0.05, 0.1) is 6.42 Å². The third-order valence-corrected chi connectivity index (χ3v) is 3.89. The van der Waals surface area contributed by atoms with Crippen LogP contribution in [0.25, 0.3) is 11.4 Å². The van der Waals surface area contributed by atoms with Crippen LogP contribution in [0.15, 0.2) is 57.9 Å². The highest BCUT2D eigenvalue weighted by atomic mass is 32.2. The van der Waals surface area contributed by atoms with Crippen molar-refractivity contribution in [2.75, 3.05) is 12.0 Å². The van der Waals surface area contributed by atoms with Crippen molar-refractivity contribution in [2.45, 2.75) is 11.3 Å². The molecular formula is C16H15N3OS. The number of benzene rings is 2. The average Bonchev–Trinajstić information content (AvgIpc) is 2.98. The van der Waals surface area contributed by atoms with Crippen molar-refractivity contribution in [2.24, 2.45) is 0 Å². The lowest BCUT2D eigenvalue weighted by Gasteiger charge is -1.97. The molecule has 0 radical (unpaired) electrons. The number of nitrogens with zero attached hydrogens (tertiary/aromatic N) is 2. The SMILES string of the molecule is CSc1ccc(-c2noc(Cc3ccc(N)cc3)n2)cc1. The predicted octanol–water partition coefficient (Wildman–Crippen LogP) is 3.63. The van der Waals surface area contributed by atoms with Gasteiger partial charge in [-0.25, -0.2) is 0 Å². The van der Waals surface area contributed by atoms with Gasteiger partial charge in [-0.1, -0.05) is 17.3 Å². The summed E-state index contributed by atoms with van der Waals surface area (Å²) < 4.78 is 5.31. The van der Waals surface area contributed by atoms with Crippen LogP contribution in [0, 0.1) is 0 Å². The number of nitrogen functional groups attached to an aromatic ring is 1. The summed E-state index contributed by atoms with van der Waals surface area (Å²) in [6, 6.07) is 15.8. The Morgan fingerprint density at radius 1 is 1.05 bits per heavy atom. The van der Waals surface area contributed by atoms with Crippen molar-refractivity contribution in [1.29, 1.82) is 0 Å². The monoisotopic (exact) mass is 297 g/mol. The zero-order valence-electron chi connectivity index (χ0n) is 11.6. The van der Waals surface area contributed by atoms with Crippen LogP contribution < -0.4 is 5.73 Å². The maximum atomic E-state index is 5.67. The fourth-order valence-electron chi connectivity index (χ4n) is 1.99. The van der Waals surface area contributed by atoms with Gasteiger partial charge in [-0.2, -0.15) is 4.98 Å². The van der Waals surface area contributed by atoms with Gasteiger partial charge in [-0.3, -0.25) is 0 Å². The second-order valence-electron chi connectivity index (χ2n) is 4.66. The highest BCUT2D eigenvalue weighted by molar-refractivity contribution is 7.98. The molecule has 0 spiro atoms. The number of hydrogen-bond acceptors (Lipinski definition) is 5. The number of rotatable bonds is 4. The van der Waals surface area contributed by atoms with Crippen LogP contribution in [0.4, 0.5) is 5.69 Å². The normalized spacial score (nSPS) is 10.7. The zero-order valence-corrected chi connectivity index (χ0v) is 12.4. The molecule has 0 amide bonds. The van der Waals surface area contributed by atoms with Gasteiger partial charge >= 0.3 is 0 Å². The standard InChI is InChI=1S/C16H15N3OS/c1-21-14-8-4-12(5-9-14)16-18-15(20-19-16)10-11-2-6-13(17)7-3-11/h2-9H,10,17H2,1H3. The average molecular weight is 297 g/mol. The van der Waals surface area contributed by atoms with Crippen molar-refractivity contribution < 1.29 is 4.52 Å². The number of thioether (sulfide) groups is 1. The minimum atomic E-state index is 0.601. The fourth-order valence-corrected chi connectivity index (χ4v) is 2.40. The van der Waals surface area contributed by atoms with Crippen molar-refractivity contribution in [3.05, 3.63) is 60.0 Å². The first-order valence-corrected chi connectivity index (χ1v) is 7.78. The van der Waals surface area contributed by atoms with Gasteiger partial charge in [0.2, 0.25) is 11.7 Å². The minimum absolute atomic E-state index is 0.601. The summed E-state index contributed by atoms with van der Waals surface area (Å²) in [4.78, 5) is 5.65. The molecule has 0 saturated heterocycles. The Bertz CT molecular complexity index is 720. The third kappa shape index (κ3) is 3.25. The summed E-state index contributed by atoms with van der Waals surface area (Å²) in [7, 11) is 0. The molecule has 106 valence electrons. The number of aromatic nitrogens is 2. The third-order valence-electron chi connectivity index (χ3n) is 3.15. The van der Waals surface area contributed by atoms with Gasteiger partial charge in [-0.05, 0) is 48.2 Å². The Kier molecular flexibility index (Phi) is 3.92. The molecule has 0 saturated carbocycles. The lowest BCUT2D eigenvalue weighted by molar-refractivity contribution is 0.385. The molecular weight excluding hydrogens is 282 g/mol. The Morgan fingerprint density at radius 2 is 1.76 bits per heavy atom. The van der Waals surface area contributed by atoms with E-state index in [9.17, 15) is 0 Å². The quantitative estimate of drug-likeness (QED) is 0.588. The van der Waals surface area contributed by atoms with Crippen LogP contribution in [0.1, 0.15) is 11.5 Å². The molecule has 2 N–H and O–H groups in total. The number of nitrogens with two attached hydrogens (primary N) is 1. The summed E-state index contributed by atoms with van der Waals surface area (Å²) in [5.41, 5.74) is 8.47. The van der Waals surface area contributed by atoms with E-state index in [4.69, 9.17) is 10.3 Å². The Hall–Kier alpha value is -2.27. The van der Waals surface area contributed by atoms with E-state index in [1.54, 1.807) is 11.8 Å².